The summed E-state index contributed by atoms with van der Waals surface area (Å²) in [6.07, 6.45) is 3.04. The second-order valence-corrected chi connectivity index (χ2v) is 6.27. The van der Waals surface area contributed by atoms with Crippen LogP contribution >= 0.6 is 0 Å². The Morgan fingerprint density at radius 3 is 2.19 bits per heavy atom. The molecule has 1 aromatic carbocycles. The number of hydrogen-bond donors (Lipinski definition) is 2. The van der Waals surface area contributed by atoms with E-state index in [1.54, 1.807) is 23.2 Å². The minimum atomic E-state index is -0.114. The number of aromatic nitrogens is 2. The molecule has 0 spiro atoms. The topological polar surface area (TPSA) is 90.5 Å². The highest BCUT2D eigenvalue weighted by molar-refractivity contribution is 5.92. The smallest absolute Gasteiger partial charge is 0.274 e. The number of benzene rings is 1. The molecule has 3 rings (SSSR count). The maximum atomic E-state index is 12.5. The van der Waals surface area contributed by atoms with Crippen LogP contribution in [0.3, 0.4) is 0 Å². The Balaban J connectivity index is 1.60. The Bertz CT molecular complexity index is 767. The van der Waals surface area contributed by atoms with Crippen molar-refractivity contribution in [1.29, 1.82) is 0 Å². The number of carbonyl (C=O) groups is 2. The summed E-state index contributed by atoms with van der Waals surface area (Å²) in [6, 6.07) is 7.25. The van der Waals surface area contributed by atoms with Crippen molar-refractivity contribution in [2.75, 3.05) is 43.9 Å². The Morgan fingerprint density at radius 2 is 1.62 bits per heavy atom. The van der Waals surface area contributed by atoms with Crippen LogP contribution in [0.1, 0.15) is 17.4 Å². The molecule has 1 aliphatic heterocycles. The van der Waals surface area contributed by atoms with Crippen LogP contribution in [0.5, 0.6) is 0 Å². The van der Waals surface area contributed by atoms with Crippen molar-refractivity contribution in [3.05, 3.63) is 42.4 Å². The summed E-state index contributed by atoms with van der Waals surface area (Å²) >= 11 is 0. The molecule has 0 saturated carbocycles. The van der Waals surface area contributed by atoms with Gasteiger partial charge in [0.25, 0.3) is 5.91 Å². The van der Waals surface area contributed by atoms with Gasteiger partial charge < -0.3 is 20.4 Å². The van der Waals surface area contributed by atoms with Gasteiger partial charge in [0, 0.05) is 44.5 Å². The van der Waals surface area contributed by atoms with E-state index in [0.717, 1.165) is 24.5 Å². The van der Waals surface area contributed by atoms with Gasteiger partial charge in [-0.05, 0) is 31.3 Å². The number of amides is 2. The third kappa shape index (κ3) is 4.54. The lowest BCUT2D eigenvalue weighted by Crippen LogP contribution is -2.47. The Kier molecular flexibility index (Phi) is 5.43. The molecule has 1 aliphatic rings. The van der Waals surface area contributed by atoms with E-state index in [4.69, 9.17) is 0 Å². The second kappa shape index (κ2) is 7.92. The maximum Gasteiger partial charge on any atom is 0.274 e. The van der Waals surface area contributed by atoms with Gasteiger partial charge in [-0.1, -0.05) is 0 Å². The SMILES string of the molecule is CC(=O)Nc1ccc(Nc2cnc(C(=O)N3CCN(C)CC3)cn2)cc1. The average Bonchev–Trinajstić information content (AvgIpc) is 2.64. The summed E-state index contributed by atoms with van der Waals surface area (Å²) in [5.74, 6) is 0.348. The lowest BCUT2D eigenvalue weighted by Gasteiger charge is -2.32. The number of likely N-dealkylation sites (N-methyl/N-ethyl adjacent to an activating group) is 1. The first-order chi connectivity index (χ1) is 12.5. The molecule has 2 aromatic rings. The summed E-state index contributed by atoms with van der Waals surface area (Å²) < 4.78 is 0. The quantitative estimate of drug-likeness (QED) is 0.866. The normalized spacial score (nSPS) is 14.8. The van der Waals surface area contributed by atoms with Gasteiger partial charge in [-0.2, -0.15) is 0 Å². The molecule has 0 unspecified atom stereocenters. The first kappa shape index (κ1) is 17.8. The third-order valence-corrected chi connectivity index (χ3v) is 4.14. The molecule has 1 aromatic heterocycles. The highest BCUT2D eigenvalue weighted by atomic mass is 16.2. The number of piperazine rings is 1. The molecule has 0 radical (unpaired) electrons. The molecule has 1 fully saturated rings. The van der Waals surface area contributed by atoms with Crippen LogP contribution in [0, 0.1) is 0 Å². The van der Waals surface area contributed by atoms with E-state index < -0.39 is 0 Å². The van der Waals surface area contributed by atoms with Gasteiger partial charge in [0.1, 0.15) is 11.5 Å². The van der Waals surface area contributed by atoms with Crippen molar-refractivity contribution >= 4 is 29.0 Å². The summed E-state index contributed by atoms with van der Waals surface area (Å²) in [7, 11) is 2.05. The summed E-state index contributed by atoms with van der Waals surface area (Å²) in [6.45, 7) is 4.61. The fourth-order valence-electron chi connectivity index (χ4n) is 2.66. The molecular weight excluding hydrogens is 332 g/mol. The van der Waals surface area contributed by atoms with Crippen LogP contribution in [-0.4, -0.2) is 64.8 Å². The molecule has 2 heterocycles. The largest absolute Gasteiger partial charge is 0.339 e. The molecule has 26 heavy (non-hydrogen) atoms. The van der Waals surface area contributed by atoms with Crippen molar-refractivity contribution in [3.63, 3.8) is 0 Å². The number of carbonyl (C=O) groups excluding carboxylic acids is 2. The molecule has 1 saturated heterocycles. The molecule has 8 heteroatoms. The molecule has 0 atom stereocenters. The minimum absolute atomic E-state index is 0.0863. The van der Waals surface area contributed by atoms with Gasteiger partial charge >= 0.3 is 0 Å². The zero-order valence-corrected chi connectivity index (χ0v) is 14.9. The van der Waals surface area contributed by atoms with Gasteiger partial charge in [0.2, 0.25) is 5.91 Å². The van der Waals surface area contributed by atoms with Crippen LogP contribution in [0.15, 0.2) is 36.7 Å². The lowest BCUT2D eigenvalue weighted by molar-refractivity contribution is -0.114. The van der Waals surface area contributed by atoms with E-state index in [0.29, 0.717) is 24.6 Å². The molecule has 0 aliphatic carbocycles. The fourth-order valence-corrected chi connectivity index (χ4v) is 2.66. The predicted molar refractivity (Wildman–Crippen MR) is 99.5 cm³/mol. The van der Waals surface area contributed by atoms with Crippen LogP contribution in [0.4, 0.5) is 17.2 Å². The molecule has 8 nitrogen and oxygen atoms in total. The number of anilines is 3. The lowest BCUT2D eigenvalue weighted by atomic mass is 10.2. The van der Waals surface area contributed by atoms with E-state index in [1.807, 2.05) is 19.2 Å². The number of rotatable bonds is 4. The van der Waals surface area contributed by atoms with Crippen molar-refractivity contribution in [2.24, 2.45) is 0 Å². The van der Waals surface area contributed by atoms with E-state index in [1.165, 1.54) is 13.1 Å². The number of nitrogens with zero attached hydrogens (tertiary/aromatic N) is 4. The van der Waals surface area contributed by atoms with Gasteiger partial charge in [-0.25, -0.2) is 9.97 Å². The van der Waals surface area contributed by atoms with Gasteiger partial charge in [0.15, 0.2) is 0 Å². The zero-order chi connectivity index (χ0) is 18.5. The Morgan fingerprint density at radius 1 is 0.962 bits per heavy atom. The first-order valence-electron chi connectivity index (χ1n) is 8.46. The number of nitrogens with one attached hydrogen (secondary N) is 2. The third-order valence-electron chi connectivity index (χ3n) is 4.14. The van der Waals surface area contributed by atoms with Crippen LogP contribution in [0.25, 0.3) is 0 Å². The van der Waals surface area contributed by atoms with E-state index in [2.05, 4.69) is 25.5 Å². The second-order valence-electron chi connectivity index (χ2n) is 6.27. The fraction of sp³-hybridized carbons (Fsp3) is 0.333. The predicted octanol–water partition coefficient (Wildman–Crippen LogP) is 1.57. The highest BCUT2D eigenvalue weighted by Gasteiger charge is 2.21. The molecular formula is C18H22N6O2. The minimum Gasteiger partial charge on any atom is -0.339 e. The van der Waals surface area contributed by atoms with E-state index in [9.17, 15) is 9.59 Å². The van der Waals surface area contributed by atoms with Gasteiger partial charge in [-0.15, -0.1) is 0 Å². The van der Waals surface area contributed by atoms with Crippen molar-refractivity contribution in [2.45, 2.75) is 6.92 Å². The van der Waals surface area contributed by atoms with Crippen molar-refractivity contribution in [1.82, 2.24) is 19.8 Å². The molecule has 2 amide bonds. The molecule has 2 N–H and O–H groups in total. The molecule has 136 valence electrons. The average molecular weight is 354 g/mol. The van der Waals surface area contributed by atoms with Crippen molar-refractivity contribution in [3.8, 4) is 0 Å². The van der Waals surface area contributed by atoms with Crippen LogP contribution < -0.4 is 10.6 Å². The van der Waals surface area contributed by atoms with Gasteiger partial charge in [-0.3, -0.25) is 9.59 Å². The van der Waals surface area contributed by atoms with Crippen LogP contribution in [0.2, 0.25) is 0 Å². The summed E-state index contributed by atoms with van der Waals surface area (Å²) in [5, 5.41) is 5.83. The van der Waals surface area contributed by atoms with Crippen molar-refractivity contribution < 1.29 is 9.59 Å². The number of hydrogen-bond acceptors (Lipinski definition) is 6. The summed E-state index contributed by atoms with van der Waals surface area (Å²) in [5.41, 5.74) is 1.88. The van der Waals surface area contributed by atoms with E-state index in [-0.39, 0.29) is 11.8 Å². The molecule has 0 bridgehead atoms. The van der Waals surface area contributed by atoms with Gasteiger partial charge in [0.05, 0.1) is 12.4 Å². The van der Waals surface area contributed by atoms with Crippen LogP contribution in [-0.2, 0) is 4.79 Å². The maximum absolute atomic E-state index is 12.5. The highest BCUT2D eigenvalue weighted by Crippen LogP contribution is 2.17. The van der Waals surface area contributed by atoms with E-state index >= 15 is 0 Å². The standard InChI is InChI=1S/C18H22N6O2/c1-13(25)21-14-3-5-15(6-4-14)22-17-12-19-16(11-20-17)18(26)24-9-7-23(2)8-10-24/h3-6,11-12H,7-10H2,1-2H3,(H,20,22)(H,21,25). The zero-order valence-electron chi connectivity index (χ0n) is 14.9. The Hall–Kier alpha value is -3.00. The Labute approximate surface area is 152 Å². The first-order valence-corrected chi connectivity index (χ1v) is 8.46. The monoisotopic (exact) mass is 354 g/mol. The summed E-state index contributed by atoms with van der Waals surface area (Å²) in [4.78, 5) is 36.0.